The Labute approximate surface area is 240 Å². The smallest absolute Gasteiger partial charge is 0.309 e. The molecule has 2 unspecified atom stereocenters. The van der Waals surface area contributed by atoms with Gasteiger partial charge in [-0.2, -0.15) is 0 Å². The minimum Gasteiger partial charge on any atom is -0.481 e. The van der Waals surface area contributed by atoms with Crippen molar-refractivity contribution in [2.24, 2.45) is 50.2 Å². The van der Waals surface area contributed by atoms with Gasteiger partial charge in [-0.3, -0.25) is 14.4 Å². The van der Waals surface area contributed by atoms with Crippen LogP contribution in [0.1, 0.15) is 119 Å². The molecule has 0 aromatic heterocycles. The molecule has 222 valence electrons. The van der Waals surface area contributed by atoms with Crippen LogP contribution in [0.4, 0.5) is 0 Å². The van der Waals surface area contributed by atoms with Gasteiger partial charge in [0.2, 0.25) is 0 Å². The van der Waals surface area contributed by atoms with E-state index in [1.807, 2.05) is 13.0 Å². The maximum absolute atomic E-state index is 14.4. The maximum Gasteiger partial charge on any atom is 0.309 e. The molecule has 0 amide bonds. The normalized spacial score (nSPS) is 47.5. The van der Waals surface area contributed by atoms with Gasteiger partial charge in [0.15, 0.2) is 5.78 Å². The number of ketones is 1. The lowest BCUT2D eigenvalue weighted by molar-refractivity contribution is -0.211. The standard InChI is InChI=1S/C34H50O6/c1-29(2)24-10-13-34(7)27(32(24,5)12-11-25(29)40-26(37)9-8-18-35)23(36)19-21-22-20-31(4,28(38)39)15-14-30(22,3)16-17-33(21,34)6/h18-19,22,24-25,27H,8-17,20H2,1-7H3,(H,38,39)/t22-,24?,25-,27+,30+,31?,32-,33+,34+/m0/s1. The maximum atomic E-state index is 14.4. The average Bonchev–Trinajstić information content (AvgIpc) is 2.86. The summed E-state index contributed by atoms with van der Waals surface area (Å²) in [5, 5.41) is 10.1. The van der Waals surface area contributed by atoms with E-state index < -0.39 is 11.4 Å². The van der Waals surface area contributed by atoms with Crippen LogP contribution >= 0.6 is 0 Å². The summed E-state index contributed by atoms with van der Waals surface area (Å²) in [6, 6.07) is 0. The largest absolute Gasteiger partial charge is 0.481 e. The number of aliphatic carboxylic acids is 1. The summed E-state index contributed by atoms with van der Waals surface area (Å²) in [6.45, 7) is 15.7. The second kappa shape index (κ2) is 9.26. The van der Waals surface area contributed by atoms with Crippen LogP contribution in [0, 0.1) is 50.2 Å². The Morgan fingerprint density at radius 2 is 1.65 bits per heavy atom. The second-order valence-corrected chi connectivity index (χ2v) is 16.1. The molecule has 9 atom stereocenters. The first-order chi connectivity index (χ1) is 18.5. The van der Waals surface area contributed by atoms with Crippen molar-refractivity contribution in [1.82, 2.24) is 0 Å². The molecular formula is C34H50O6. The van der Waals surface area contributed by atoms with Crippen molar-refractivity contribution >= 4 is 24.0 Å². The molecule has 0 radical (unpaired) electrons. The number of aldehydes is 1. The Morgan fingerprint density at radius 1 is 0.975 bits per heavy atom. The molecule has 0 aromatic rings. The number of hydrogen-bond donors (Lipinski definition) is 1. The number of hydrogen-bond acceptors (Lipinski definition) is 5. The molecule has 6 nitrogen and oxygen atoms in total. The molecule has 0 spiro atoms. The molecule has 0 aromatic carbocycles. The first-order valence-corrected chi connectivity index (χ1v) is 15.6. The summed E-state index contributed by atoms with van der Waals surface area (Å²) in [5.74, 6) is -0.561. The summed E-state index contributed by atoms with van der Waals surface area (Å²) in [5.41, 5.74) is -0.333. The predicted molar refractivity (Wildman–Crippen MR) is 152 cm³/mol. The lowest BCUT2D eigenvalue weighted by atomic mass is 9.33. The van der Waals surface area contributed by atoms with Crippen LogP contribution in [-0.2, 0) is 23.9 Å². The number of carbonyl (C=O) groups is 4. The highest BCUT2D eigenvalue weighted by atomic mass is 16.5. The van der Waals surface area contributed by atoms with Gasteiger partial charge in [0.25, 0.3) is 0 Å². The van der Waals surface area contributed by atoms with E-state index in [4.69, 9.17) is 4.74 Å². The number of carbonyl (C=O) groups excluding carboxylic acids is 3. The molecule has 4 fully saturated rings. The van der Waals surface area contributed by atoms with Crippen molar-refractivity contribution in [2.45, 2.75) is 125 Å². The Balaban J connectivity index is 1.51. The summed E-state index contributed by atoms with van der Waals surface area (Å²) in [7, 11) is 0. The van der Waals surface area contributed by atoms with E-state index in [1.54, 1.807) is 0 Å². The third-order valence-corrected chi connectivity index (χ3v) is 13.8. The number of allylic oxidation sites excluding steroid dienone is 2. The van der Waals surface area contributed by atoms with Gasteiger partial charge in [-0.15, -0.1) is 0 Å². The monoisotopic (exact) mass is 554 g/mol. The summed E-state index contributed by atoms with van der Waals surface area (Å²) >= 11 is 0. The van der Waals surface area contributed by atoms with Gasteiger partial charge in [-0.1, -0.05) is 47.1 Å². The molecule has 0 bridgehead atoms. The Hall–Kier alpha value is -1.98. The highest BCUT2D eigenvalue weighted by Crippen LogP contribution is 2.75. The van der Waals surface area contributed by atoms with Gasteiger partial charge >= 0.3 is 11.9 Å². The lowest BCUT2D eigenvalue weighted by Crippen LogP contribution is -2.66. The van der Waals surface area contributed by atoms with Crippen molar-refractivity contribution in [3.05, 3.63) is 11.6 Å². The summed E-state index contributed by atoms with van der Waals surface area (Å²) < 4.78 is 5.96. The third-order valence-electron chi connectivity index (χ3n) is 13.8. The van der Waals surface area contributed by atoms with Crippen molar-refractivity contribution < 1.29 is 29.0 Å². The van der Waals surface area contributed by atoms with Crippen LogP contribution in [0.15, 0.2) is 11.6 Å². The van der Waals surface area contributed by atoms with E-state index in [1.165, 1.54) is 5.57 Å². The highest BCUT2D eigenvalue weighted by Gasteiger charge is 2.70. The van der Waals surface area contributed by atoms with Gasteiger partial charge in [0.05, 0.1) is 11.8 Å². The van der Waals surface area contributed by atoms with Crippen molar-refractivity contribution in [3.8, 4) is 0 Å². The van der Waals surface area contributed by atoms with E-state index in [0.717, 1.165) is 51.2 Å². The van der Waals surface area contributed by atoms with Crippen molar-refractivity contribution in [2.75, 3.05) is 0 Å². The molecule has 5 rings (SSSR count). The molecular weight excluding hydrogens is 504 g/mol. The van der Waals surface area contributed by atoms with Crippen LogP contribution in [0.3, 0.4) is 0 Å². The molecule has 40 heavy (non-hydrogen) atoms. The van der Waals surface area contributed by atoms with Gasteiger partial charge in [-0.25, -0.2) is 0 Å². The van der Waals surface area contributed by atoms with Crippen LogP contribution in [0.25, 0.3) is 0 Å². The molecule has 5 aliphatic rings. The summed E-state index contributed by atoms with van der Waals surface area (Å²) in [6.07, 6.45) is 10.6. The molecule has 6 heteroatoms. The average molecular weight is 555 g/mol. The van der Waals surface area contributed by atoms with Crippen molar-refractivity contribution in [1.29, 1.82) is 0 Å². The van der Waals surface area contributed by atoms with Gasteiger partial charge in [-0.05, 0) is 104 Å². The topological polar surface area (TPSA) is 97.7 Å². The zero-order valence-corrected chi connectivity index (χ0v) is 25.7. The van der Waals surface area contributed by atoms with Crippen molar-refractivity contribution in [3.63, 3.8) is 0 Å². The Bertz CT molecular complexity index is 1150. The van der Waals surface area contributed by atoms with E-state index in [-0.39, 0.29) is 75.5 Å². The number of esters is 1. The third kappa shape index (κ3) is 3.93. The van der Waals surface area contributed by atoms with Crippen LogP contribution < -0.4 is 0 Å². The van der Waals surface area contributed by atoms with Crippen LogP contribution in [0.2, 0.25) is 0 Å². The quantitative estimate of drug-likeness (QED) is 0.292. The van der Waals surface area contributed by atoms with E-state index >= 15 is 0 Å². The molecule has 0 aliphatic heterocycles. The second-order valence-electron chi connectivity index (χ2n) is 16.1. The fourth-order valence-corrected chi connectivity index (χ4v) is 11.0. The Morgan fingerprint density at radius 3 is 2.30 bits per heavy atom. The number of carboxylic acid groups (broad SMARTS) is 1. The number of carboxylic acids is 1. The first kappa shape index (κ1) is 29.5. The minimum atomic E-state index is -0.751. The molecule has 0 heterocycles. The van der Waals surface area contributed by atoms with Gasteiger partial charge < -0.3 is 14.6 Å². The minimum absolute atomic E-state index is 0.0403. The van der Waals surface area contributed by atoms with Gasteiger partial charge in [0, 0.05) is 17.8 Å². The zero-order valence-electron chi connectivity index (χ0n) is 25.7. The molecule has 0 saturated heterocycles. The van der Waals surface area contributed by atoms with Crippen LogP contribution in [0.5, 0.6) is 0 Å². The molecule has 4 saturated carbocycles. The summed E-state index contributed by atoms with van der Waals surface area (Å²) in [4.78, 5) is 50.0. The van der Waals surface area contributed by atoms with E-state index in [2.05, 4.69) is 41.5 Å². The van der Waals surface area contributed by atoms with E-state index in [0.29, 0.717) is 12.8 Å². The van der Waals surface area contributed by atoms with Gasteiger partial charge in [0.1, 0.15) is 12.4 Å². The number of ether oxygens (including phenoxy) is 1. The van der Waals surface area contributed by atoms with E-state index in [9.17, 15) is 24.3 Å². The predicted octanol–water partition coefficient (Wildman–Crippen LogP) is 6.94. The number of fused-ring (bicyclic) bond motifs is 7. The Kier molecular flexibility index (Phi) is 6.83. The van der Waals surface area contributed by atoms with Crippen LogP contribution in [-0.4, -0.2) is 35.2 Å². The fraction of sp³-hybridized carbons (Fsp3) is 0.824. The fourth-order valence-electron chi connectivity index (χ4n) is 11.0. The molecule has 1 N–H and O–H groups in total. The number of rotatable bonds is 5. The highest BCUT2D eigenvalue weighted by molar-refractivity contribution is 5.95. The zero-order chi connectivity index (χ0) is 29.5. The first-order valence-electron chi connectivity index (χ1n) is 15.6. The lowest BCUT2D eigenvalue weighted by Gasteiger charge is -2.70. The molecule has 5 aliphatic carbocycles. The SMILES string of the molecule is CC1(C(=O)O)CC[C@]2(C)CC[C@]3(C)C(=CC(=O)[C@@H]4[C@@]5(C)CC[C@H](OC(=O)CCC=O)C(C)(C)C5CC[C@]43C)[C@@H]2C1.